The Bertz CT molecular complexity index is 430. The maximum absolute atomic E-state index is 11.6. The van der Waals surface area contributed by atoms with Gasteiger partial charge < -0.3 is 15.4 Å². The van der Waals surface area contributed by atoms with Gasteiger partial charge in [0.1, 0.15) is 5.75 Å². The molecule has 19 heavy (non-hydrogen) atoms. The average Bonchev–Trinajstić information content (AvgIpc) is 2.37. The molecule has 1 aromatic carbocycles. The lowest BCUT2D eigenvalue weighted by Gasteiger charge is -2.18. The van der Waals surface area contributed by atoms with Crippen molar-refractivity contribution in [2.75, 3.05) is 20.7 Å². The van der Waals surface area contributed by atoms with Gasteiger partial charge in [0.05, 0.1) is 19.7 Å². The van der Waals surface area contributed by atoms with Gasteiger partial charge in [-0.3, -0.25) is 4.79 Å². The second-order valence-corrected chi connectivity index (χ2v) is 4.98. The molecule has 1 aromatic rings. The van der Waals surface area contributed by atoms with Crippen LogP contribution < -0.4 is 15.4 Å². The Balaban J connectivity index is 2.89. The Labute approximate surface area is 115 Å². The van der Waals surface area contributed by atoms with Crippen LogP contribution in [-0.4, -0.2) is 26.6 Å². The first kappa shape index (κ1) is 15.5. The molecule has 0 aliphatic carbocycles. The van der Waals surface area contributed by atoms with E-state index in [0.717, 1.165) is 16.9 Å². The predicted octanol–water partition coefficient (Wildman–Crippen LogP) is 2.22. The molecule has 2 N–H and O–H groups in total. The quantitative estimate of drug-likeness (QED) is 0.828. The fraction of sp³-hybridized carbons (Fsp3) is 0.533. The van der Waals surface area contributed by atoms with Crippen LogP contribution in [0.5, 0.6) is 5.75 Å². The number of amides is 1. The van der Waals surface area contributed by atoms with Crippen molar-refractivity contribution in [3.8, 4) is 5.75 Å². The van der Waals surface area contributed by atoms with Crippen LogP contribution in [0.2, 0.25) is 0 Å². The van der Waals surface area contributed by atoms with Gasteiger partial charge in [0, 0.05) is 0 Å². The molecule has 1 atom stereocenters. The molecule has 0 aromatic heterocycles. The van der Waals surface area contributed by atoms with Gasteiger partial charge >= 0.3 is 0 Å². The lowest BCUT2D eigenvalue weighted by Crippen LogP contribution is -2.33. The smallest absolute Gasteiger partial charge is 0.234 e. The van der Waals surface area contributed by atoms with E-state index in [1.807, 2.05) is 19.1 Å². The normalized spacial score (nSPS) is 12.3. The highest BCUT2D eigenvalue weighted by Gasteiger charge is 2.13. The molecule has 4 heteroatoms. The van der Waals surface area contributed by atoms with E-state index in [0.29, 0.717) is 12.5 Å². The summed E-state index contributed by atoms with van der Waals surface area (Å²) in [5.74, 6) is 1.28. The molecular weight excluding hydrogens is 240 g/mol. The van der Waals surface area contributed by atoms with Crippen LogP contribution in [0.15, 0.2) is 18.2 Å². The van der Waals surface area contributed by atoms with E-state index in [1.165, 1.54) is 0 Å². The second-order valence-electron chi connectivity index (χ2n) is 4.98. The highest BCUT2D eigenvalue weighted by molar-refractivity contribution is 5.78. The van der Waals surface area contributed by atoms with Crippen LogP contribution in [0.25, 0.3) is 0 Å². The molecule has 0 aliphatic rings. The van der Waals surface area contributed by atoms with Crippen molar-refractivity contribution in [2.45, 2.75) is 32.7 Å². The van der Waals surface area contributed by atoms with Gasteiger partial charge in [-0.2, -0.15) is 0 Å². The molecule has 1 unspecified atom stereocenters. The average molecular weight is 264 g/mol. The van der Waals surface area contributed by atoms with Gasteiger partial charge in [0.25, 0.3) is 0 Å². The van der Waals surface area contributed by atoms with Crippen molar-refractivity contribution < 1.29 is 9.53 Å². The zero-order chi connectivity index (χ0) is 14.4. The van der Waals surface area contributed by atoms with Gasteiger partial charge in [0.15, 0.2) is 0 Å². The molecule has 0 fully saturated rings. The number of hydrogen-bond acceptors (Lipinski definition) is 3. The van der Waals surface area contributed by atoms with E-state index in [2.05, 4.69) is 30.5 Å². The molecule has 0 radical (unpaired) electrons. The van der Waals surface area contributed by atoms with E-state index in [-0.39, 0.29) is 11.9 Å². The van der Waals surface area contributed by atoms with E-state index in [9.17, 15) is 4.79 Å². The topological polar surface area (TPSA) is 50.4 Å². The standard InChI is InChI=1S/C15H24N2O2/c1-10(2)13-8-12(6-7-14(13)19-5)11(3)17-15(18)9-16-4/h6-8,10-11,16H,9H2,1-5H3,(H,17,18). The number of benzene rings is 1. The lowest BCUT2D eigenvalue weighted by atomic mass is 9.97. The first-order valence-corrected chi connectivity index (χ1v) is 6.61. The number of rotatable bonds is 6. The summed E-state index contributed by atoms with van der Waals surface area (Å²) in [6, 6.07) is 6.05. The fourth-order valence-corrected chi connectivity index (χ4v) is 2.01. The summed E-state index contributed by atoms with van der Waals surface area (Å²) in [7, 11) is 3.44. The molecule has 0 bridgehead atoms. The molecule has 0 spiro atoms. The van der Waals surface area contributed by atoms with Crippen LogP contribution in [-0.2, 0) is 4.79 Å². The van der Waals surface area contributed by atoms with Crippen LogP contribution in [0.4, 0.5) is 0 Å². The van der Waals surface area contributed by atoms with Crippen LogP contribution >= 0.6 is 0 Å². The van der Waals surface area contributed by atoms with Gasteiger partial charge in [-0.05, 0) is 43.1 Å². The third kappa shape index (κ3) is 4.24. The maximum atomic E-state index is 11.6. The minimum atomic E-state index is -0.00995. The van der Waals surface area contributed by atoms with Gasteiger partial charge in [-0.25, -0.2) is 0 Å². The monoisotopic (exact) mass is 264 g/mol. The number of hydrogen-bond donors (Lipinski definition) is 2. The highest BCUT2D eigenvalue weighted by Crippen LogP contribution is 2.29. The summed E-state index contributed by atoms with van der Waals surface area (Å²) in [5, 5.41) is 5.80. The molecule has 0 heterocycles. The number of nitrogens with one attached hydrogen (secondary N) is 2. The largest absolute Gasteiger partial charge is 0.496 e. The van der Waals surface area contributed by atoms with Crippen molar-refractivity contribution in [1.82, 2.24) is 10.6 Å². The summed E-state index contributed by atoms with van der Waals surface area (Å²) in [6.45, 7) is 6.58. The third-order valence-electron chi connectivity index (χ3n) is 3.09. The predicted molar refractivity (Wildman–Crippen MR) is 77.6 cm³/mol. The highest BCUT2D eigenvalue weighted by atomic mass is 16.5. The van der Waals surface area contributed by atoms with E-state index in [4.69, 9.17) is 4.74 Å². The molecule has 0 saturated heterocycles. The van der Waals surface area contributed by atoms with Crippen LogP contribution in [0.3, 0.4) is 0 Å². The number of likely N-dealkylation sites (N-methyl/N-ethyl adjacent to an activating group) is 1. The number of carbonyl (C=O) groups excluding carboxylic acids is 1. The third-order valence-corrected chi connectivity index (χ3v) is 3.09. The number of methoxy groups -OCH3 is 1. The summed E-state index contributed by atoms with van der Waals surface area (Å²) in [5.41, 5.74) is 2.25. The first-order chi connectivity index (χ1) is 8.99. The van der Waals surface area contributed by atoms with E-state index >= 15 is 0 Å². The van der Waals surface area contributed by atoms with Crippen molar-refractivity contribution >= 4 is 5.91 Å². The SMILES string of the molecule is CNCC(=O)NC(C)c1ccc(OC)c(C(C)C)c1. The van der Waals surface area contributed by atoms with Gasteiger partial charge in [-0.1, -0.05) is 19.9 Å². The van der Waals surface area contributed by atoms with Gasteiger partial charge in [0.2, 0.25) is 5.91 Å². The van der Waals surface area contributed by atoms with Crippen molar-refractivity contribution in [3.05, 3.63) is 29.3 Å². The molecule has 106 valence electrons. The molecule has 0 saturated carbocycles. The fourth-order valence-electron chi connectivity index (χ4n) is 2.01. The number of carbonyl (C=O) groups is 1. The summed E-state index contributed by atoms with van der Waals surface area (Å²) in [4.78, 5) is 11.6. The van der Waals surface area contributed by atoms with Crippen LogP contribution in [0.1, 0.15) is 43.9 Å². The molecule has 1 rings (SSSR count). The first-order valence-electron chi connectivity index (χ1n) is 6.61. The zero-order valence-electron chi connectivity index (χ0n) is 12.4. The van der Waals surface area contributed by atoms with Crippen molar-refractivity contribution in [3.63, 3.8) is 0 Å². The summed E-state index contributed by atoms with van der Waals surface area (Å²) >= 11 is 0. The summed E-state index contributed by atoms with van der Waals surface area (Å²) in [6.07, 6.45) is 0. The van der Waals surface area contributed by atoms with Crippen LogP contribution in [0, 0.1) is 0 Å². The van der Waals surface area contributed by atoms with Crippen molar-refractivity contribution in [1.29, 1.82) is 0 Å². The molecular formula is C15H24N2O2. The minimum Gasteiger partial charge on any atom is -0.496 e. The molecule has 1 amide bonds. The van der Waals surface area contributed by atoms with Crippen molar-refractivity contribution in [2.24, 2.45) is 0 Å². The van der Waals surface area contributed by atoms with E-state index < -0.39 is 0 Å². The summed E-state index contributed by atoms with van der Waals surface area (Å²) < 4.78 is 5.36. The Morgan fingerprint density at radius 3 is 2.53 bits per heavy atom. The number of ether oxygens (including phenoxy) is 1. The lowest BCUT2D eigenvalue weighted by molar-refractivity contribution is -0.120. The van der Waals surface area contributed by atoms with E-state index in [1.54, 1.807) is 14.2 Å². The Morgan fingerprint density at radius 2 is 2.00 bits per heavy atom. The second kappa shape index (κ2) is 7.14. The Morgan fingerprint density at radius 1 is 1.32 bits per heavy atom. The zero-order valence-corrected chi connectivity index (χ0v) is 12.4. The minimum absolute atomic E-state index is 0.00286. The molecule has 0 aliphatic heterocycles. The van der Waals surface area contributed by atoms with Gasteiger partial charge in [-0.15, -0.1) is 0 Å². The molecule has 4 nitrogen and oxygen atoms in total. The Hall–Kier alpha value is -1.55. The maximum Gasteiger partial charge on any atom is 0.234 e. The Kier molecular flexibility index (Phi) is 5.83.